The zero-order chi connectivity index (χ0) is 32.3. The van der Waals surface area contributed by atoms with Gasteiger partial charge in [0.25, 0.3) is 0 Å². The van der Waals surface area contributed by atoms with Crippen molar-refractivity contribution in [3.8, 4) is 0 Å². The zero-order valence-electron chi connectivity index (χ0n) is 30.4. The van der Waals surface area contributed by atoms with Crippen LogP contribution in [0.2, 0.25) is 0 Å². The molecule has 0 aromatic rings. The summed E-state index contributed by atoms with van der Waals surface area (Å²) in [5.41, 5.74) is -0.143. The molecule has 258 valence electrons. The van der Waals surface area contributed by atoms with E-state index in [1.807, 2.05) is 20.8 Å². The SMILES string of the molecule is CCCCCCCCCCCCCCCCCC(=O)C(C)(C)C.CCCCCCCCCCCCCCCCCC(=O)O. The monoisotopic (exact) mass is 609 g/mol. The van der Waals surface area contributed by atoms with Gasteiger partial charge in [-0.3, -0.25) is 9.59 Å². The molecule has 0 amide bonds. The Morgan fingerprint density at radius 2 is 0.581 bits per heavy atom. The van der Waals surface area contributed by atoms with Crippen molar-refractivity contribution in [1.82, 2.24) is 0 Å². The van der Waals surface area contributed by atoms with E-state index in [1.165, 1.54) is 173 Å². The number of Topliss-reactive ketones (excluding diaryl/α,β-unsaturated/α-hetero) is 1. The summed E-state index contributed by atoms with van der Waals surface area (Å²) in [6.07, 6.45) is 41.7. The van der Waals surface area contributed by atoms with Gasteiger partial charge in [-0.15, -0.1) is 0 Å². The van der Waals surface area contributed by atoms with E-state index in [9.17, 15) is 9.59 Å². The Hall–Kier alpha value is -0.860. The van der Waals surface area contributed by atoms with E-state index in [2.05, 4.69) is 13.8 Å². The maximum absolute atomic E-state index is 11.8. The molecule has 0 aliphatic rings. The lowest BCUT2D eigenvalue weighted by molar-refractivity contribution is -0.137. The van der Waals surface area contributed by atoms with E-state index < -0.39 is 5.97 Å². The van der Waals surface area contributed by atoms with Crippen molar-refractivity contribution in [2.24, 2.45) is 5.41 Å². The molecule has 0 spiro atoms. The second kappa shape index (κ2) is 35.6. The molecule has 3 heteroatoms. The van der Waals surface area contributed by atoms with Gasteiger partial charge in [-0.2, -0.15) is 0 Å². The highest BCUT2D eigenvalue weighted by atomic mass is 16.4. The number of rotatable bonds is 32. The normalized spacial score (nSPS) is 11.4. The summed E-state index contributed by atoms with van der Waals surface area (Å²) in [7, 11) is 0. The lowest BCUT2D eigenvalue weighted by atomic mass is 9.88. The van der Waals surface area contributed by atoms with Gasteiger partial charge in [0, 0.05) is 18.3 Å². The first-order valence-corrected chi connectivity index (χ1v) is 19.5. The summed E-state index contributed by atoms with van der Waals surface area (Å²) < 4.78 is 0. The largest absolute Gasteiger partial charge is 0.481 e. The van der Waals surface area contributed by atoms with Crippen LogP contribution in [0, 0.1) is 5.41 Å². The summed E-state index contributed by atoms with van der Waals surface area (Å²) in [6.45, 7) is 10.6. The van der Waals surface area contributed by atoms with Crippen molar-refractivity contribution < 1.29 is 14.7 Å². The van der Waals surface area contributed by atoms with Gasteiger partial charge in [-0.05, 0) is 12.8 Å². The quantitative estimate of drug-likeness (QED) is 0.0773. The van der Waals surface area contributed by atoms with Gasteiger partial charge in [0.2, 0.25) is 0 Å². The molecule has 0 aromatic heterocycles. The van der Waals surface area contributed by atoms with Gasteiger partial charge in [-0.25, -0.2) is 0 Å². The standard InChI is InChI=1S/C22H44O.C18H36O2/c1-5-6-7-8-9-10-11-12-13-14-15-16-17-18-19-20-21(23)22(2,3)4;1-2-3-4-5-6-7-8-9-10-11-12-13-14-15-16-17-18(19)20/h5-20H2,1-4H3;2-17H2,1H3,(H,19,20). The number of ketones is 1. The van der Waals surface area contributed by atoms with E-state index in [1.54, 1.807) is 0 Å². The van der Waals surface area contributed by atoms with Crippen molar-refractivity contribution in [1.29, 1.82) is 0 Å². The number of carboxylic acid groups (broad SMARTS) is 1. The van der Waals surface area contributed by atoms with Crippen LogP contribution in [0.25, 0.3) is 0 Å². The molecule has 3 nitrogen and oxygen atoms in total. The molecular formula is C40H80O3. The first-order chi connectivity index (χ1) is 20.8. The molecule has 0 unspecified atom stereocenters. The summed E-state index contributed by atoms with van der Waals surface area (Å²) in [5, 5.41) is 8.52. The summed E-state index contributed by atoms with van der Waals surface area (Å²) >= 11 is 0. The first-order valence-electron chi connectivity index (χ1n) is 19.5. The first kappa shape index (κ1) is 44.3. The molecule has 0 aliphatic heterocycles. The van der Waals surface area contributed by atoms with Gasteiger partial charge in [0.15, 0.2) is 0 Å². The van der Waals surface area contributed by atoms with E-state index >= 15 is 0 Å². The number of carbonyl (C=O) groups excluding carboxylic acids is 1. The third-order valence-electron chi connectivity index (χ3n) is 8.84. The van der Waals surface area contributed by atoms with Crippen LogP contribution in [0.4, 0.5) is 0 Å². The molecule has 0 radical (unpaired) electrons. The van der Waals surface area contributed by atoms with Crippen molar-refractivity contribution in [3.05, 3.63) is 0 Å². The Bertz CT molecular complexity index is 563. The zero-order valence-corrected chi connectivity index (χ0v) is 30.4. The van der Waals surface area contributed by atoms with Crippen LogP contribution in [-0.2, 0) is 9.59 Å². The number of aliphatic carboxylic acids is 1. The second-order valence-corrected chi connectivity index (χ2v) is 14.5. The topological polar surface area (TPSA) is 54.4 Å². The number of hydrogen-bond acceptors (Lipinski definition) is 2. The Morgan fingerprint density at radius 1 is 0.372 bits per heavy atom. The van der Waals surface area contributed by atoms with E-state index in [0.29, 0.717) is 12.2 Å². The van der Waals surface area contributed by atoms with Crippen LogP contribution in [-0.4, -0.2) is 16.9 Å². The summed E-state index contributed by atoms with van der Waals surface area (Å²) in [6, 6.07) is 0. The second-order valence-electron chi connectivity index (χ2n) is 14.5. The Labute approximate surface area is 271 Å². The molecule has 43 heavy (non-hydrogen) atoms. The maximum atomic E-state index is 11.8. The molecule has 0 aliphatic carbocycles. The maximum Gasteiger partial charge on any atom is 0.303 e. The molecular weight excluding hydrogens is 528 g/mol. The third-order valence-corrected chi connectivity index (χ3v) is 8.84. The van der Waals surface area contributed by atoms with E-state index in [4.69, 9.17) is 5.11 Å². The molecule has 1 N–H and O–H groups in total. The molecule has 0 fully saturated rings. The van der Waals surface area contributed by atoms with E-state index in [0.717, 1.165) is 25.7 Å². The lowest BCUT2D eigenvalue weighted by Crippen LogP contribution is -2.19. The molecule has 0 bridgehead atoms. The van der Waals surface area contributed by atoms with Gasteiger partial charge in [0.05, 0.1) is 0 Å². The molecule has 0 saturated heterocycles. The van der Waals surface area contributed by atoms with Crippen LogP contribution >= 0.6 is 0 Å². The van der Waals surface area contributed by atoms with Crippen LogP contribution in [0.15, 0.2) is 0 Å². The van der Waals surface area contributed by atoms with Crippen LogP contribution < -0.4 is 0 Å². The Morgan fingerprint density at radius 3 is 0.791 bits per heavy atom. The van der Waals surface area contributed by atoms with Crippen molar-refractivity contribution >= 4 is 11.8 Å². The summed E-state index contributed by atoms with van der Waals surface area (Å²) in [4.78, 5) is 22.1. The highest BCUT2D eigenvalue weighted by molar-refractivity contribution is 5.83. The fourth-order valence-electron chi connectivity index (χ4n) is 5.68. The minimum Gasteiger partial charge on any atom is -0.481 e. The molecule has 0 atom stereocenters. The van der Waals surface area contributed by atoms with Gasteiger partial charge in [0.1, 0.15) is 5.78 Å². The molecule has 0 aromatic carbocycles. The number of hydrogen-bond donors (Lipinski definition) is 1. The van der Waals surface area contributed by atoms with Crippen LogP contribution in [0.5, 0.6) is 0 Å². The number of carboxylic acids is 1. The van der Waals surface area contributed by atoms with Gasteiger partial charge in [-0.1, -0.05) is 214 Å². The van der Waals surface area contributed by atoms with Crippen molar-refractivity contribution in [3.63, 3.8) is 0 Å². The average Bonchev–Trinajstić information content (AvgIpc) is 2.96. The average molecular weight is 609 g/mol. The predicted octanol–water partition coefficient (Wildman–Crippen LogP) is 14.2. The molecule has 0 rings (SSSR count). The lowest BCUT2D eigenvalue weighted by Gasteiger charge is -2.16. The number of unbranched alkanes of at least 4 members (excludes halogenated alkanes) is 28. The summed E-state index contributed by atoms with van der Waals surface area (Å²) in [5.74, 6) is -0.230. The van der Waals surface area contributed by atoms with Crippen LogP contribution in [0.3, 0.4) is 0 Å². The Kier molecular flexibility index (Phi) is 36.7. The van der Waals surface area contributed by atoms with Gasteiger partial charge < -0.3 is 5.11 Å². The van der Waals surface area contributed by atoms with Crippen molar-refractivity contribution in [2.45, 2.75) is 240 Å². The molecule has 0 saturated carbocycles. The van der Waals surface area contributed by atoms with Crippen LogP contribution in [0.1, 0.15) is 240 Å². The van der Waals surface area contributed by atoms with Crippen molar-refractivity contribution in [2.75, 3.05) is 0 Å². The van der Waals surface area contributed by atoms with E-state index in [-0.39, 0.29) is 5.41 Å². The highest BCUT2D eigenvalue weighted by Gasteiger charge is 2.19. The smallest absolute Gasteiger partial charge is 0.303 e. The highest BCUT2D eigenvalue weighted by Crippen LogP contribution is 2.19. The Balaban J connectivity index is 0. The minimum absolute atomic E-state index is 0.143. The fourth-order valence-corrected chi connectivity index (χ4v) is 5.68. The minimum atomic E-state index is -0.653. The molecule has 0 heterocycles. The van der Waals surface area contributed by atoms with Gasteiger partial charge >= 0.3 is 5.97 Å². The predicted molar refractivity (Wildman–Crippen MR) is 191 cm³/mol. The third kappa shape index (κ3) is 41.1. The number of carbonyl (C=O) groups is 2. The fraction of sp³-hybridized carbons (Fsp3) is 0.950.